The SMILES string of the molecule is C=C/C(=C\C=C/C)CN1CC1.CCC(C)=O. The molecule has 0 amide bonds. The molecule has 1 heterocycles. The summed E-state index contributed by atoms with van der Waals surface area (Å²) in [6.45, 7) is 12.8. The van der Waals surface area contributed by atoms with Gasteiger partial charge in [-0.2, -0.15) is 0 Å². The summed E-state index contributed by atoms with van der Waals surface area (Å²) < 4.78 is 0. The van der Waals surface area contributed by atoms with E-state index in [2.05, 4.69) is 23.6 Å². The fourth-order valence-corrected chi connectivity index (χ4v) is 0.892. The maximum absolute atomic E-state index is 9.81. The van der Waals surface area contributed by atoms with Gasteiger partial charge in [0.25, 0.3) is 0 Å². The lowest BCUT2D eigenvalue weighted by atomic mass is 10.2. The van der Waals surface area contributed by atoms with Crippen molar-refractivity contribution in [3.8, 4) is 0 Å². The quantitative estimate of drug-likeness (QED) is 0.525. The minimum atomic E-state index is 0.255. The van der Waals surface area contributed by atoms with Gasteiger partial charge in [-0.15, -0.1) is 0 Å². The molecule has 1 rings (SSSR count). The van der Waals surface area contributed by atoms with E-state index in [4.69, 9.17) is 0 Å². The first-order chi connectivity index (χ1) is 7.63. The molecule has 0 saturated carbocycles. The van der Waals surface area contributed by atoms with Crippen LogP contribution in [-0.4, -0.2) is 30.3 Å². The first kappa shape index (κ1) is 14.8. The van der Waals surface area contributed by atoms with Crippen LogP contribution in [0, 0.1) is 0 Å². The Morgan fingerprint density at radius 1 is 1.44 bits per heavy atom. The fraction of sp³-hybridized carbons (Fsp3) is 0.500. The van der Waals surface area contributed by atoms with Crippen molar-refractivity contribution in [1.29, 1.82) is 0 Å². The van der Waals surface area contributed by atoms with Crippen molar-refractivity contribution in [3.63, 3.8) is 0 Å². The molecule has 0 aromatic carbocycles. The molecule has 1 aliphatic heterocycles. The van der Waals surface area contributed by atoms with Crippen molar-refractivity contribution < 1.29 is 4.79 Å². The van der Waals surface area contributed by atoms with Gasteiger partial charge in [0, 0.05) is 26.1 Å². The Bertz CT molecular complexity index is 272. The topological polar surface area (TPSA) is 20.1 Å². The van der Waals surface area contributed by atoms with Crippen LogP contribution in [0.5, 0.6) is 0 Å². The van der Waals surface area contributed by atoms with Crippen molar-refractivity contribution in [2.75, 3.05) is 19.6 Å². The van der Waals surface area contributed by atoms with E-state index in [9.17, 15) is 4.79 Å². The number of hydrogen-bond acceptors (Lipinski definition) is 2. The van der Waals surface area contributed by atoms with Gasteiger partial charge in [0.1, 0.15) is 5.78 Å². The van der Waals surface area contributed by atoms with Crippen LogP contribution in [0.4, 0.5) is 0 Å². The van der Waals surface area contributed by atoms with Crippen molar-refractivity contribution in [2.45, 2.75) is 27.2 Å². The lowest BCUT2D eigenvalue weighted by Gasteiger charge is -1.99. The second kappa shape index (κ2) is 9.10. The van der Waals surface area contributed by atoms with Gasteiger partial charge in [0.15, 0.2) is 0 Å². The predicted molar refractivity (Wildman–Crippen MR) is 70.5 cm³/mol. The van der Waals surface area contributed by atoms with Crippen LogP contribution >= 0.6 is 0 Å². The molecule has 90 valence electrons. The average molecular weight is 221 g/mol. The number of ketones is 1. The number of Topliss-reactive ketones (excluding diaryl/α,β-unsaturated/α-hetero) is 1. The van der Waals surface area contributed by atoms with E-state index in [1.54, 1.807) is 6.92 Å². The zero-order valence-corrected chi connectivity index (χ0v) is 10.7. The summed E-state index contributed by atoms with van der Waals surface area (Å²) in [6.07, 6.45) is 8.80. The Morgan fingerprint density at radius 2 is 2.00 bits per heavy atom. The Hall–Kier alpha value is -1.15. The lowest BCUT2D eigenvalue weighted by Crippen LogP contribution is -2.00. The van der Waals surface area contributed by atoms with Gasteiger partial charge in [0.2, 0.25) is 0 Å². The summed E-state index contributed by atoms with van der Waals surface area (Å²) in [7, 11) is 0. The Morgan fingerprint density at radius 3 is 2.31 bits per heavy atom. The van der Waals surface area contributed by atoms with Crippen LogP contribution in [0.1, 0.15) is 27.2 Å². The summed E-state index contributed by atoms with van der Waals surface area (Å²) in [5.41, 5.74) is 1.31. The molecule has 1 fully saturated rings. The molecule has 2 nitrogen and oxygen atoms in total. The van der Waals surface area contributed by atoms with E-state index in [1.807, 2.05) is 26.0 Å². The van der Waals surface area contributed by atoms with E-state index in [0.29, 0.717) is 6.42 Å². The lowest BCUT2D eigenvalue weighted by molar-refractivity contribution is -0.116. The molecule has 0 radical (unpaired) electrons. The van der Waals surface area contributed by atoms with Gasteiger partial charge in [-0.25, -0.2) is 0 Å². The number of allylic oxidation sites excluding steroid dienone is 3. The summed E-state index contributed by atoms with van der Waals surface area (Å²) in [5, 5.41) is 0. The van der Waals surface area contributed by atoms with Crippen molar-refractivity contribution in [1.82, 2.24) is 4.90 Å². The maximum Gasteiger partial charge on any atom is 0.129 e. The summed E-state index contributed by atoms with van der Waals surface area (Å²) in [4.78, 5) is 12.2. The van der Waals surface area contributed by atoms with Crippen LogP contribution in [-0.2, 0) is 4.79 Å². The molecule has 0 N–H and O–H groups in total. The smallest absolute Gasteiger partial charge is 0.129 e. The van der Waals surface area contributed by atoms with E-state index in [0.717, 1.165) is 6.54 Å². The third kappa shape index (κ3) is 9.41. The summed E-state index contributed by atoms with van der Waals surface area (Å²) in [6, 6.07) is 0. The number of carbonyl (C=O) groups is 1. The summed E-state index contributed by atoms with van der Waals surface area (Å²) >= 11 is 0. The Balaban J connectivity index is 0.000000385. The van der Waals surface area contributed by atoms with Crippen molar-refractivity contribution in [3.05, 3.63) is 36.5 Å². The van der Waals surface area contributed by atoms with Gasteiger partial charge < -0.3 is 4.79 Å². The van der Waals surface area contributed by atoms with Gasteiger partial charge >= 0.3 is 0 Å². The van der Waals surface area contributed by atoms with Gasteiger partial charge in [0.05, 0.1) is 0 Å². The highest BCUT2D eigenvalue weighted by atomic mass is 16.1. The molecule has 1 saturated heterocycles. The average Bonchev–Trinajstić information content (AvgIpc) is 3.08. The monoisotopic (exact) mass is 221 g/mol. The molecule has 0 spiro atoms. The third-order valence-electron chi connectivity index (χ3n) is 2.21. The highest BCUT2D eigenvalue weighted by Gasteiger charge is 2.16. The number of hydrogen-bond donors (Lipinski definition) is 0. The second-order valence-corrected chi connectivity index (χ2v) is 3.80. The Kier molecular flexibility index (Phi) is 8.45. The van der Waals surface area contributed by atoms with Gasteiger partial charge in [-0.05, 0) is 19.4 Å². The minimum Gasteiger partial charge on any atom is -0.300 e. The Labute approximate surface area is 99.3 Å². The molecule has 2 heteroatoms. The number of rotatable bonds is 5. The molecule has 16 heavy (non-hydrogen) atoms. The second-order valence-electron chi connectivity index (χ2n) is 3.80. The van der Waals surface area contributed by atoms with Gasteiger partial charge in [-0.3, -0.25) is 4.90 Å². The predicted octanol–water partition coefficient (Wildman–Crippen LogP) is 2.98. The van der Waals surface area contributed by atoms with Crippen molar-refractivity contribution in [2.24, 2.45) is 0 Å². The van der Waals surface area contributed by atoms with Crippen LogP contribution in [0.2, 0.25) is 0 Å². The number of carbonyl (C=O) groups excluding carboxylic acids is 1. The fourth-order valence-electron chi connectivity index (χ4n) is 0.892. The highest BCUT2D eigenvalue weighted by molar-refractivity contribution is 5.74. The molecule has 0 atom stereocenters. The molecule has 0 aromatic rings. The van der Waals surface area contributed by atoms with E-state index in [1.165, 1.54) is 18.7 Å². The van der Waals surface area contributed by atoms with E-state index >= 15 is 0 Å². The molecule has 1 aliphatic rings. The third-order valence-corrected chi connectivity index (χ3v) is 2.21. The van der Waals surface area contributed by atoms with Crippen LogP contribution in [0.15, 0.2) is 36.5 Å². The first-order valence-corrected chi connectivity index (χ1v) is 5.80. The van der Waals surface area contributed by atoms with Gasteiger partial charge in [-0.1, -0.05) is 37.8 Å². The van der Waals surface area contributed by atoms with Crippen LogP contribution in [0.25, 0.3) is 0 Å². The zero-order chi connectivity index (χ0) is 12.4. The molecule has 0 unspecified atom stereocenters. The first-order valence-electron chi connectivity index (χ1n) is 5.80. The van der Waals surface area contributed by atoms with E-state index in [-0.39, 0.29) is 5.78 Å². The zero-order valence-electron chi connectivity index (χ0n) is 10.7. The van der Waals surface area contributed by atoms with Crippen LogP contribution in [0.3, 0.4) is 0 Å². The summed E-state index contributed by atoms with van der Waals surface area (Å²) in [5.74, 6) is 0.255. The maximum atomic E-state index is 9.81. The standard InChI is InChI=1S/C10H15N.C4H8O/c1-3-5-6-10(4-2)9-11-7-8-11;1-3-4(2)5/h3-6H,2,7-9H2,1H3;3H2,1-2H3/b5-3-,10-6+;. The highest BCUT2D eigenvalue weighted by Crippen LogP contribution is 2.08. The minimum absolute atomic E-state index is 0.255. The molecule has 0 aromatic heterocycles. The molecular weight excluding hydrogens is 198 g/mol. The van der Waals surface area contributed by atoms with Crippen LogP contribution < -0.4 is 0 Å². The molecule has 0 bridgehead atoms. The molecular formula is C14H23NO. The largest absolute Gasteiger partial charge is 0.300 e. The normalized spacial score (nSPS) is 15.6. The van der Waals surface area contributed by atoms with Crippen molar-refractivity contribution >= 4 is 5.78 Å². The number of nitrogens with zero attached hydrogens (tertiary/aromatic N) is 1. The molecule has 0 aliphatic carbocycles. The van der Waals surface area contributed by atoms with E-state index < -0.39 is 0 Å².